The van der Waals surface area contributed by atoms with Gasteiger partial charge in [0.05, 0.1) is 6.10 Å². The minimum Gasteiger partial charge on any atom is -0.393 e. The van der Waals surface area contributed by atoms with Crippen molar-refractivity contribution in [3.8, 4) is 0 Å². The second-order valence-corrected chi connectivity index (χ2v) is 8.49. The Morgan fingerprint density at radius 2 is 1.96 bits per heavy atom. The van der Waals surface area contributed by atoms with E-state index in [-0.39, 0.29) is 23.9 Å². The number of aliphatic hydroxyl groups is 1. The van der Waals surface area contributed by atoms with Crippen LogP contribution in [0.5, 0.6) is 0 Å². The van der Waals surface area contributed by atoms with Gasteiger partial charge in [0, 0.05) is 37.2 Å². The Labute approximate surface area is 151 Å². The number of thiol groups is 1. The number of carbonyl (C=O) groups excluding carboxylic acids is 1. The molecule has 7 heteroatoms. The maximum atomic E-state index is 12.2. The summed E-state index contributed by atoms with van der Waals surface area (Å²) in [6.45, 7) is 4.48. The summed E-state index contributed by atoms with van der Waals surface area (Å²) in [5, 5.41) is 13.9. The SMILES string of the molecule is CCC(C(=O)[SH](=O)=O)C1CCN(N2CCC(O)CC2)C2=CCCCC21. The molecule has 1 N–H and O–H groups in total. The second kappa shape index (κ2) is 8.18. The average molecular weight is 371 g/mol. The largest absolute Gasteiger partial charge is 0.393 e. The van der Waals surface area contributed by atoms with Crippen LogP contribution < -0.4 is 0 Å². The molecule has 0 saturated carbocycles. The predicted octanol–water partition coefficient (Wildman–Crippen LogP) is 1.53. The van der Waals surface area contributed by atoms with Crippen LogP contribution in [0, 0.1) is 17.8 Å². The molecule has 2 aliphatic heterocycles. The number of allylic oxidation sites excluding steroid dienone is 2. The maximum absolute atomic E-state index is 12.2. The standard InChI is InChI=1S/C18H30N2O4S/c1-2-14(18(22)25(23)24)15-9-12-20(17-6-4-3-5-16(15)17)19-10-7-13(21)8-11-19/h6,13-16,21,25H,2-5,7-12H2,1H3. The number of nitrogens with zero attached hydrogens (tertiary/aromatic N) is 2. The first-order chi connectivity index (χ1) is 12.0. The van der Waals surface area contributed by atoms with Crippen molar-refractivity contribution in [1.82, 2.24) is 10.0 Å². The van der Waals surface area contributed by atoms with Crippen molar-refractivity contribution in [2.24, 2.45) is 17.8 Å². The number of aliphatic hydroxyl groups excluding tert-OH is 1. The summed E-state index contributed by atoms with van der Waals surface area (Å²) >= 11 is 0. The van der Waals surface area contributed by atoms with Crippen molar-refractivity contribution in [3.63, 3.8) is 0 Å². The molecule has 2 fully saturated rings. The van der Waals surface area contributed by atoms with E-state index in [0.717, 1.165) is 58.2 Å². The minimum atomic E-state index is -2.99. The predicted molar refractivity (Wildman–Crippen MR) is 96.2 cm³/mol. The minimum absolute atomic E-state index is 0.128. The topological polar surface area (TPSA) is 77.9 Å². The molecule has 3 atom stereocenters. The summed E-state index contributed by atoms with van der Waals surface area (Å²) in [6, 6.07) is 0. The molecular weight excluding hydrogens is 340 g/mol. The molecule has 0 aromatic carbocycles. The first kappa shape index (κ1) is 18.9. The number of hydrogen-bond acceptors (Lipinski definition) is 6. The number of hydrazine groups is 1. The Kier molecular flexibility index (Phi) is 6.17. The lowest BCUT2D eigenvalue weighted by Gasteiger charge is -2.50. The second-order valence-electron chi connectivity index (χ2n) is 7.54. The first-order valence-electron chi connectivity index (χ1n) is 9.61. The highest BCUT2D eigenvalue weighted by Crippen LogP contribution is 2.44. The first-order valence-corrected chi connectivity index (χ1v) is 10.8. The summed E-state index contributed by atoms with van der Waals surface area (Å²) in [6.07, 6.45) is 8.32. The summed E-state index contributed by atoms with van der Waals surface area (Å²) in [7, 11) is -2.99. The molecule has 0 amide bonds. The zero-order valence-corrected chi connectivity index (χ0v) is 15.9. The molecule has 0 aromatic heterocycles. The van der Waals surface area contributed by atoms with Crippen molar-refractivity contribution < 1.29 is 18.3 Å². The highest BCUT2D eigenvalue weighted by Gasteiger charge is 2.42. The Bertz CT molecular complexity index is 588. The maximum Gasteiger partial charge on any atom is 0.247 e. The third kappa shape index (κ3) is 3.93. The number of hydrogen-bond donors (Lipinski definition) is 2. The van der Waals surface area contributed by atoms with E-state index in [9.17, 15) is 18.3 Å². The number of fused-ring (bicyclic) bond motifs is 1. The average Bonchev–Trinajstić information content (AvgIpc) is 2.63. The normalized spacial score (nSPS) is 30.0. The zero-order valence-electron chi connectivity index (χ0n) is 15.0. The van der Waals surface area contributed by atoms with Crippen LogP contribution in [0.25, 0.3) is 0 Å². The van der Waals surface area contributed by atoms with Gasteiger partial charge in [-0.25, -0.2) is 13.4 Å². The molecule has 2 heterocycles. The molecule has 1 aliphatic carbocycles. The smallest absolute Gasteiger partial charge is 0.247 e. The number of piperidine rings is 2. The van der Waals surface area contributed by atoms with E-state index < -0.39 is 15.8 Å². The summed E-state index contributed by atoms with van der Waals surface area (Å²) in [4.78, 5) is 12.2. The van der Waals surface area contributed by atoms with Gasteiger partial charge >= 0.3 is 0 Å². The van der Waals surface area contributed by atoms with Crippen LogP contribution in [-0.4, -0.2) is 54.4 Å². The van der Waals surface area contributed by atoms with Crippen LogP contribution in [0.2, 0.25) is 0 Å². The molecule has 2 saturated heterocycles. The van der Waals surface area contributed by atoms with Crippen LogP contribution in [0.3, 0.4) is 0 Å². The van der Waals surface area contributed by atoms with Gasteiger partial charge in [-0.15, -0.1) is 0 Å². The molecule has 0 bridgehead atoms. The third-order valence-corrected chi connectivity index (χ3v) is 6.87. The van der Waals surface area contributed by atoms with Crippen molar-refractivity contribution in [1.29, 1.82) is 0 Å². The number of carbonyl (C=O) groups is 1. The number of rotatable bonds is 4. The molecule has 142 valence electrons. The lowest BCUT2D eigenvalue weighted by atomic mass is 9.71. The van der Waals surface area contributed by atoms with Crippen LogP contribution in [0.1, 0.15) is 51.9 Å². The van der Waals surface area contributed by atoms with E-state index in [1.807, 2.05) is 6.92 Å². The van der Waals surface area contributed by atoms with Gasteiger partial charge in [0.15, 0.2) is 0 Å². The van der Waals surface area contributed by atoms with Crippen molar-refractivity contribution in [2.45, 2.75) is 58.0 Å². The van der Waals surface area contributed by atoms with Gasteiger partial charge in [-0.1, -0.05) is 13.0 Å². The molecule has 0 aromatic rings. The Hall–Kier alpha value is -0.920. The fourth-order valence-electron chi connectivity index (χ4n) is 4.89. The fourth-order valence-corrected chi connectivity index (χ4v) is 5.54. The van der Waals surface area contributed by atoms with E-state index >= 15 is 0 Å². The monoisotopic (exact) mass is 370 g/mol. The van der Waals surface area contributed by atoms with Gasteiger partial charge in [0.1, 0.15) is 0 Å². The summed E-state index contributed by atoms with van der Waals surface area (Å²) < 4.78 is 22.6. The van der Waals surface area contributed by atoms with Crippen molar-refractivity contribution >= 4 is 15.8 Å². The highest BCUT2D eigenvalue weighted by molar-refractivity contribution is 7.89. The summed E-state index contributed by atoms with van der Waals surface area (Å²) in [5.41, 5.74) is 1.28. The Morgan fingerprint density at radius 3 is 2.60 bits per heavy atom. The van der Waals surface area contributed by atoms with Crippen LogP contribution in [0.15, 0.2) is 11.8 Å². The van der Waals surface area contributed by atoms with E-state index in [4.69, 9.17) is 0 Å². The molecule has 3 aliphatic rings. The van der Waals surface area contributed by atoms with Crippen molar-refractivity contribution in [3.05, 3.63) is 11.8 Å². The van der Waals surface area contributed by atoms with Gasteiger partial charge in [0.2, 0.25) is 15.8 Å². The van der Waals surface area contributed by atoms with Gasteiger partial charge in [-0.2, -0.15) is 0 Å². The van der Waals surface area contributed by atoms with Gasteiger partial charge in [-0.3, -0.25) is 4.79 Å². The quantitative estimate of drug-likeness (QED) is 0.731. The lowest BCUT2D eigenvalue weighted by molar-refractivity contribution is -0.119. The lowest BCUT2D eigenvalue weighted by Crippen LogP contribution is -2.53. The van der Waals surface area contributed by atoms with Crippen LogP contribution in [-0.2, 0) is 15.5 Å². The molecule has 0 radical (unpaired) electrons. The Balaban J connectivity index is 1.80. The molecule has 3 rings (SSSR count). The van der Waals surface area contributed by atoms with Gasteiger partial charge in [-0.05, 0) is 50.9 Å². The van der Waals surface area contributed by atoms with E-state index in [1.54, 1.807) is 0 Å². The molecule has 0 spiro atoms. The molecular formula is C18H30N2O4S. The summed E-state index contributed by atoms with van der Waals surface area (Å²) in [5.74, 6) is 0.0275. The van der Waals surface area contributed by atoms with E-state index in [2.05, 4.69) is 16.1 Å². The molecule has 3 unspecified atom stereocenters. The van der Waals surface area contributed by atoms with Crippen molar-refractivity contribution in [2.75, 3.05) is 19.6 Å². The van der Waals surface area contributed by atoms with Crippen LogP contribution >= 0.6 is 0 Å². The van der Waals surface area contributed by atoms with Gasteiger partial charge < -0.3 is 10.1 Å². The highest BCUT2D eigenvalue weighted by atomic mass is 32.2. The zero-order chi connectivity index (χ0) is 18.0. The molecule has 25 heavy (non-hydrogen) atoms. The Morgan fingerprint density at radius 1 is 1.24 bits per heavy atom. The van der Waals surface area contributed by atoms with E-state index in [0.29, 0.717) is 6.42 Å². The van der Waals surface area contributed by atoms with Gasteiger partial charge in [0.25, 0.3) is 0 Å². The third-order valence-electron chi connectivity index (χ3n) is 6.18. The molecule has 6 nitrogen and oxygen atoms in total. The van der Waals surface area contributed by atoms with E-state index in [1.165, 1.54) is 5.70 Å². The fraction of sp³-hybridized carbons (Fsp3) is 0.833. The van der Waals surface area contributed by atoms with Crippen LogP contribution in [0.4, 0.5) is 0 Å².